The third kappa shape index (κ3) is 4.99. The van der Waals surface area contributed by atoms with Crippen LogP contribution in [0, 0.1) is 19.8 Å². The quantitative estimate of drug-likeness (QED) is 0.725. The summed E-state index contributed by atoms with van der Waals surface area (Å²) in [7, 11) is -3.76. The largest absolute Gasteiger partial charge is 0.356 e. The van der Waals surface area contributed by atoms with Crippen LogP contribution in [0.2, 0.25) is 0 Å². The summed E-state index contributed by atoms with van der Waals surface area (Å²) in [6, 6.07) is 7.89. The van der Waals surface area contributed by atoms with Crippen LogP contribution in [0.3, 0.4) is 0 Å². The lowest BCUT2D eigenvalue weighted by Crippen LogP contribution is -2.43. The minimum atomic E-state index is -3.76. The smallest absolute Gasteiger partial charge is 0.248 e. The Morgan fingerprint density at radius 1 is 1.20 bits per heavy atom. The molecule has 1 saturated heterocycles. The molecular formula is C22H29N3O4S. The second-order valence-electron chi connectivity index (χ2n) is 7.67. The number of rotatable bonds is 7. The van der Waals surface area contributed by atoms with Crippen LogP contribution >= 0.6 is 0 Å². The van der Waals surface area contributed by atoms with Gasteiger partial charge in [0.2, 0.25) is 15.9 Å². The molecule has 0 atom stereocenters. The van der Waals surface area contributed by atoms with Crippen molar-refractivity contribution in [1.29, 1.82) is 0 Å². The highest BCUT2D eigenvalue weighted by Crippen LogP contribution is 2.29. The number of aromatic nitrogens is 1. The zero-order valence-electron chi connectivity index (χ0n) is 17.7. The molecule has 0 spiro atoms. The van der Waals surface area contributed by atoms with Crippen molar-refractivity contribution in [2.45, 2.75) is 44.9 Å². The topological polar surface area (TPSA) is 92.5 Å². The van der Waals surface area contributed by atoms with Gasteiger partial charge < -0.3 is 9.84 Å². The zero-order chi connectivity index (χ0) is 21.7. The Hall–Kier alpha value is -2.45. The predicted octanol–water partition coefficient (Wildman–Crippen LogP) is 3.39. The summed E-state index contributed by atoms with van der Waals surface area (Å²) >= 11 is 0. The van der Waals surface area contributed by atoms with Gasteiger partial charge in [-0.1, -0.05) is 48.0 Å². The van der Waals surface area contributed by atoms with Crippen molar-refractivity contribution in [3.63, 3.8) is 0 Å². The predicted molar refractivity (Wildman–Crippen MR) is 116 cm³/mol. The van der Waals surface area contributed by atoms with Crippen LogP contribution in [0.15, 0.2) is 33.7 Å². The first kappa shape index (κ1) is 22.2. The van der Waals surface area contributed by atoms with Crippen molar-refractivity contribution < 1.29 is 17.7 Å². The fourth-order valence-electron chi connectivity index (χ4n) is 3.53. The number of carbonyl (C=O) groups excluding carboxylic acids is 1. The van der Waals surface area contributed by atoms with Gasteiger partial charge in [-0.2, -0.15) is 4.31 Å². The molecule has 3 rings (SSSR count). The molecule has 30 heavy (non-hydrogen) atoms. The molecular weight excluding hydrogens is 402 g/mol. The number of nitrogens with zero attached hydrogens (tertiary/aromatic N) is 2. The van der Waals surface area contributed by atoms with Gasteiger partial charge in [-0.3, -0.25) is 4.79 Å². The van der Waals surface area contributed by atoms with Crippen LogP contribution in [0.4, 0.5) is 0 Å². The first-order valence-corrected chi connectivity index (χ1v) is 11.8. The Labute approximate surface area is 178 Å². The molecule has 1 aromatic carbocycles. The van der Waals surface area contributed by atoms with Crippen molar-refractivity contribution in [2.75, 3.05) is 19.6 Å². The van der Waals surface area contributed by atoms with E-state index in [0.29, 0.717) is 38.2 Å². The van der Waals surface area contributed by atoms with Gasteiger partial charge >= 0.3 is 0 Å². The fourth-order valence-corrected chi connectivity index (χ4v) is 5.25. The molecule has 2 heterocycles. The second-order valence-corrected chi connectivity index (χ2v) is 9.55. The molecule has 1 fully saturated rings. The van der Waals surface area contributed by atoms with Crippen LogP contribution < -0.4 is 5.32 Å². The highest BCUT2D eigenvalue weighted by atomic mass is 32.2. The van der Waals surface area contributed by atoms with E-state index in [0.717, 1.165) is 17.5 Å². The van der Waals surface area contributed by atoms with Gasteiger partial charge in [0.15, 0.2) is 10.7 Å². The second kappa shape index (κ2) is 9.57. The van der Waals surface area contributed by atoms with Crippen LogP contribution in [-0.2, 0) is 14.8 Å². The molecule has 0 radical (unpaired) electrons. The van der Waals surface area contributed by atoms with E-state index in [1.54, 1.807) is 13.0 Å². The monoisotopic (exact) mass is 431 g/mol. The summed E-state index contributed by atoms with van der Waals surface area (Å²) in [6.45, 7) is 6.89. The van der Waals surface area contributed by atoms with Crippen molar-refractivity contribution in [2.24, 2.45) is 5.92 Å². The maximum atomic E-state index is 13.3. The van der Waals surface area contributed by atoms with E-state index in [-0.39, 0.29) is 22.5 Å². The highest BCUT2D eigenvalue weighted by molar-refractivity contribution is 7.89. The summed E-state index contributed by atoms with van der Waals surface area (Å²) in [4.78, 5) is 12.3. The van der Waals surface area contributed by atoms with E-state index in [2.05, 4.69) is 10.5 Å². The number of piperidine rings is 1. The van der Waals surface area contributed by atoms with Crippen molar-refractivity contribution >= 4 is 28.1 Å². The van der Waals surface area contributed by atoms with Gasteiger partial charge in [-0.05, 0) is 44.7 Å². The average Bonchev–Trinajstić information content (AvgIpc) is 3.13. The Kier molecular flexibility index (Phi) is 7.10. The van der Waals surface area contributed by atoms with Crippen molar-refractivity contribution in [1.82, 2.24) is 14.8 Å². The van der Waals surface area contributed by atoms with Crippen LogP contribution in [-0.4, -0.2) is 43.4 Å². The molecule has 0 unspecified atom stereocenters. The lowest BCUT2D eigenvalue weighted by molar-refractivity contribution is -0.126. The number of nitrogens with one attached hydrogen (secondary N) is 1. The Morgan fingerprint density at radius 2 is 1.87 bits per heavy atom. The molecule has 1 aliphatic heterocycles. The van der Waals surface area contributed by atoms with Crippen LogP contribution in [0.1, 0.15) is 48.8 Å². The Morgan fingerprint density at radius 3 is 2.50 bits per heavy atom. The standard InChI is InChI=1S/C22H29N3O4S/c1-4-13-23-22(26)19-11-14-25(15-12-19)30(27,28)21-17(3)24-29-20(21)10-9-18-7-5-16(2)6-8-18/h5-10,19H,4,11-15H2,1-3H3,(H,23,26). The van der Waals surface area contributed by atoms with Gasteiger partial charge in [0.05, 0.1) is 0 Å². The minimum absolute atomic E-state index is 0.0109. The number of carbonyl (C=O) groups is 1. The number of benzene rings is 1. The van der Waals surface area contributed by atoms with Gasteiger partial charge in [0.25, 0.3) is 0 Å². The van der Waals surface area contributed by atoms with E-state index in [1.165, 1.54) is 4.31 Å². The van der Waals surface area contributed by atoms with Gasteiger partial charge in [-0.25, -0.2) is 8.42 Å². The van der Waals surface area contributed by atoms with E-state index in [1.807, 2.05) is 44.2 Å². The molecule has 2 aromatic rings. The molecule has 1 aliphatic rings. The summed E-state index contributed by atoms with van der Waals surface area (Å²) in [6.07, 6.45) is 5.34. The first-order chi connectivity index (χ1) is 14.3. The summed E-state index contributed by atoms with van der Waals surface area (Å²) in [5.41, 5.74) is 2.43. The highest BCUT2D eigenvalue weighted by Gasteiger charge is 2.35. The van der Waals surface area contributed by atoms with Gasteiger partial charge in [0.1, 0.15) is 5.69 Å². The molecule has 1 amide bonds. The number of aryl methyl sites for hydroxylation is 2. The number of hydrogen-bond donors (Lipinski definition) is 1. The van der Waals surface area contributed by atoms with Crippen molar-refractivity contribution in [3.05, 3.63) is 46.8 Å². The third-order valence-electron chi connectivity index (χ3n) is 5.31. The van der Waals surface area contributed by atoms with Crippen LogP contribution in [0.25, 0.3) is 12.2 Å². The zero-order valence-corrected chi connectivity index (χ0v) is 18.5. The molecule has 1 aromatic heterocycles. The molecule has 0 bridgehead atoms. The average molecular weight is 432 g/mol. The molecule has 0 aliphatic carbocycles. The van der Waals surface area contributed by atoms with E-state index < -0.39 is 10.0 Å². The maximum Gasteiger partial charge on any atom is 0.248 e. The minimum Gasteiger partial charge on any atom is -0.356 e. The molecule has 0 saturated carbocycles. The first-order valence-electron chi connectivity index (χ1n) is 10.3. The van der Waals surface area contributed by atoms with Crippen LogP contribution in [0.5, 0.6) is 0 Å². The number of amides is 1. The SMILES string of the molecule is CCCNC(=O)C1CCN(S(=O)(=O)c2c(C)noc2C=Cc2ccc(C)cc2)CC1. The Bertz CT molecular complexity index is 1000. The molecule has 7 nitrogen and oxygen atoms in total. The number of sulfonamides is 1. The maximum absolute atomic E-state index is 13.3. The van der Waals surface area contributed by atoms with E-state index in [4.69, 9.17) is 4.52 Å². The third-order valence-corrected chi connectivity index (χ3v) is 7.37. The summed E-state index contributed by atoms with van der Waals surface area (Å²) in [5.74, 6) is 0.0835. The normalized spacial score (nSPS) is 16.2. The summed E-state index contributed by atoms with van der Waals surface area (Å²) in [5, 5.41) is 6.78. The lowest BCUT2D eigenvalue weighted by atomic mass is 9.97. The molecule has 162 valence electrons. The lowest BCUT2D eigenvalue weighted by Gasteiger charge is -2.30. The summed E-state index contributed by atoms with van der Waals surface area (Å²) < 4.78 is 33.3. The molecule has 8 heteroatoms. The van der Waals surface area contributed by atoms with Gasteiger partial charge in [-0.15, -0.1) is 0 Å². The molecule has 1 N–H and O–H groups in total. The fraction of sp³-hybridized carbons (Fsp3) is 0.455. The van der Waals surface area contributed by atoms with E-state index in [9.17, 15) is 13.2 Å². The number of hydrogen-bond acceptors (Lipinski definition) is 5. The Balaban J connectivity index is 1.75. The van der Waals surface area contributed by atoms with Gasteiger partial charge in [0, 0.05) is 25.6 Å². The van der Waals surface area contributed by atoms with E-state index >= 15 is 0 Å². The van der Waals surface area contributed by atoms with Crippen molar-refractivity contribution in [3.8, 4) is 0 Å².